The van der Waals surface area contributed by atoms with E-state index >= 15 is 0 Å². The Morgan fingerprint density at radius 2 is 1.85 bits per heavy atom. The third-order valence-corrected chi connectivity index (χ3v) is 4.62. The molecule has 0 bridgehead atoms. The summed E-state index contributed by atoms with van der Waals surface area (Å²) in [5.41, 5.74) is 2.23. The summed E-state index contributed by atoms with van der Waals surface area (Å²) in [6.07, 6.45) is 0.913. The van der Waals surface area contributed by atoms with Gasteiger partial charge in [-0.15, -0.1) is 0 Å². The van der Waals surface area contributed by atoms with Crippen LogP contribution in [0, 0.1) is 0 Å². The van der Waals surface area contributed by atoms with Crippen molar-refractivity contribution >= 4 is 22.7 Å². The van der Waals surface area contributed by atoms with Crippen molar-refractivity contribution in [1.29, 1.82) is 0 Å². The Bertz CT molecular complexity index is 912. The molecule has 1 heterocycles. The largest absolute Gasteiger partial charge is 0.478 e. The van der Waals surface area contributed by atoms with Crippen molar-refractivity contribution in [2.45, 2.75) is 25.9 Å². The van der Waals surface area contributed by atoms with Gasteiger partial charge in [0.15, 0.2) is 0 Å². The van der Waals surface area contributed by atoms with E-state index in [0.29, 0.717) is 16.7 Å². The Kier molecular flexibility index (Phi) is 6.04. The molecule has 27 heavy (non-hydrogen) atoms. The molecule has 0 radical (unpaired) electrons. The number of hydrogen-bond donors (Lipinski definition) is 2. The summed E-state index contributed by atoms with van der Waals surface area (Å²) in [7, 11) is 2.09. The highest BCUT2D eigenvalue weighted by molar-refractivity contribution is 6.03. The summed E-state index contributed by atoms with van der Waals surface area (Å²) in [5, 5.41) is 13.6. The lowest BCUT2D eigenvalue weighted by Gasteiger charge is -2.25. The summed E-state index contributed by atoms with van der Waals surface area (Å²) in [6, 6.07) is 19.5. The monoisotopic (exact) mass is 363 g/mol. The molecule has 2 aromatic carbocycles. The van der Waals surface area contributed by atoms with Gasteiger partial charge in [-0.25, -0.2) is 9.78 Å². The predicted molar refractivity (Wildman–Crippen MR) is 109 cm³/mol. The summed E-state index contributed by atoms with van der Waals surface area (Å²) in [5.74, 6) is -0.336. The lowest BCUT2D eigenvalue weighted by molar-refractivity contribution is 0.0699. The molecule has 0 saturated carbocycles. The Hall–Kier alpha value is -2.92. The topological polar surface area (TPSA) is 65.5 Å². The number of nitrogens with zero attached hydrogens (tertiary/aromatic N) is 2. The van der Waals surface area contributed by atoms with Gasteiger partial charge in [-0.3, -0.25) is 0 Å². The first-order valence-electron chi connectivity index (χ1n) is 9.19. The third kappa shape index (κ3) is 4.83. The number of carbonyl (C=O) groups is 1. The molecule has 5 nitrogen and oxygen atoms in total. The van der Waals surface area contributed by atoms with Crippen LogP contribution in [0.4, 0.5) is 5.82 Å². The van der Waals surface area contributed by atoms with Crippen LogP contribution < -0.4 is 5.32 Å². The van der Waals surface area contributed by atoms with Crippen LogP contribution in [0.2, 0.25) is 0 Å². The molecule has 0 spiro atoms. The van der Waals surface area contributed by atoms with E-state index in [4.69, 9.17) is 0 Å². The lowest BCUT2D eigenvalue weighted by Crippen LogP contribution is -2.34. The lowest BCUT2D eigenvalue weighted by atomic mass is 10.1. The molecule has 0 amide bonds. The van der Waals surface area contributed by atoms with Gasteiger partial charge in [0.05, 0.1) is 11.1 Å². The molecule has 3 aromatic rings. The molecule has 1 unspecified atom stereocenters. The van der Waals surface area contributed by atoms with Gasteiger partial charge < -0.3 is 15.3 Å². The number of aromatic carboxylic acids is 1. The van der Waals surface area contributed by atoms with Crippen LogP contribution in [-0.2, 0) is 6.54 Å². The van der Waals surface area contributed by atoms with Gasteiger partial charge in [0.2, 0.25) is 0 Å². The van der Waals surface area contributed by atoms with Crippen molar-refractivity contribution in [3.8, 4) is 0 Å². The van der Waals surface area contributed by atoms with E-state index in [0.717, 1.165) is 19.5 Å². The van der Waals surface area contributed by atoms with Crippen LogP contribution >= 0.6 is 0 Å². The number of anilines is 1. The number of hydrogen-bond acceptors (Lipinski definition) is 4. The van der Waals surface area contributed by atoms with E-state index < -0.39 is 5.97 Å². The first kappa shape index (κ1) is 18.9. The molecule has 140 valence electrons. The molecule has 0 aliphatic carbocycles. The fourth-order valence-electron chi connectivity index (χ4n) is 3.25. The molecule has 0 aliphatic rings. The minimum absolute atomic E-state index is 0.175. The molecule has 1 aromatic heterocycles. The van der Waals surface area contributed by atoms with E-state index in [1.165, 1.54) is 5.56 Å². The normalized spacial score (nSPS) is 12.3. The van der Waals surface area contributed by atoms with Gasteiger partial charge in [-0.2, -0.15) is 0 Å². The van der Waals surface area contributed by atoms with Gasteiger partial charge in [-0.1, -0.05) is 55.5 Å². The summed E-state index contributed by atoms with van der Waals surface area (Å²) in [6.45, 7) is 3.82. The fraction of sp³-hybridized carbons (Fsp3) is 0.273. The Morgan fingerprint density at radius 1 is 1.15 bits per heavy atom. The van der Waals surface area contributed by atoms with Gasteiger partial charge in [0.25, 0.3) is 0 Å². The van der Waals surface area contributed by atoms with Crippen LogP contribution in [0.15, 0.2) is 60.7 Å². The Morgan fingerprint density at radius 3 is 2.56 bits per heavy atom. The number of fused-ring (bicyclic) bond motifs is 1. The SMILES string of the molecule is CCC(CN(C)Cc1ccccc1)Nc1cc(C(=O)O)c2ccccc2n1. The zero-order chi connectivity index (χ0) is 19.2. The molecule has 2 N–H and O–H groups in total. The first-order chi connectivity index (χ1) is 13.1. The van der Waals surface area contributed by atoms with Crippen LogP contribution in [0.25, 0.3) is 10.9 Å². The minimum atomic E-state index is -0.939. The maximum atomic E-state index is 11.6. The van der Waals surface area contributed by atoms with Crippen molar-refractivity contribution in [3.63, 3.8) is 0 Å². The average Bonchev–Trinajstić information content (AvgIpc) is 2.67. The van der Waals surface area contributed by atoms with E-state index in [1.807, 2.05) is 36.4 Å². The van der Waals surface area contributed by atoms with Crippen molar-refractivity contribution in [2.24, 2.45) is 0 Å². The number of benzene rings is 2. The molecule has 0 fully saturated rings. The second-order valence-electron chi connectivity index (χ2n) is 6.81. The molecule has 0 aliphatic heterocycles. The van der Waals surface area contributed by atoms with Gasteiger partial charge in [-0.05, 0) is 31.2 Å². The van der Waals surface area contributed by atoms with E-state index in [2.05, 4.69) is 41.3 Å². The summed E-state index contributed by atoms with van der Waals surface area (Å²) in [4.78, 5) is 18.5. The number of carboxylic acid groups (broad SMARTS) is 1. The number of pyridine rings is 1. The molecule has 0 saturated heterocycles. The zero-order valence-corrected chi connectivity index (χ0v) is 15.7. The molecular weight excluding hydrogens is 338 g/mol. The molecule has 5 heteroatoms. The highest BCUT2D eigenvalue weighted by Crippen LogP contribution is 2.21. The maximum absolute atomic E-state index is 11.6. The Balaban J connectivity index is 1.75. The number of carboxylic acids is 1. The van der Waals surface area contributed by atoms with Crippen LogP contribution in [0.3, 0.4) is 0 Å². The van der Waals surface area contributed by atoms with Crippen LogP contribution in [0.5, 0.6) is 0 Å². The maximum Gasteiger partial charge on any atom is 0.336 e. The second-order valence-corrected chi connectivity index (χ2v) is 6.81. The van der Waals surface area contributed by atoms with Crippen LogP contribution in [-0.4, -0.2) is 40.6 Å². The summed E-state index contributed by atoms with van der Waals surface area (Å²) >= 11 is 0. The molecule has 1 atom stereocenters. The van der Waals surface area contributed by atoms with E-state index in [-0.39, 0.29) is 11.6 Å². The number of aromatic nitrogens is 1. The quantitative estimate of drug-likeness (QED) is 0.626. The first-order valence-corrected chi connectivity index (χ1v) is 9.19. The fourth-order valence-corrected chi connectivity index (χ4v) is 3.25. The second kappa shape index (κ2) is 8.64. The number of rotatable bonds is 8. The van der Waals surface area contributed by atoms with Crippen molar-refractivity contribution in [1.82, 2.24) is 9.88 Å². The van der Waals surface area contributed by atoms with Crippen LogP contribution in [0.1, 0.15) is 29.3 Å². The predicted octanol–water partition coefficient (Wildman–Crippen LogP) is 4.26. The average molecular weight is 363 g/mol. The molecular formula is C22H25N3O2. The summed E-state index contributed by atoms with van der Waals surface area (Å²) < 4.78 is 0. The number of nitrogens with one attached hydrogen (secondary N) is 1. The standard InChI is InChI=1S/C22H25N3O2/c1-3-17(15-25(2)14-16-9-5-4-6-10-16)23-21-13-19(22(26)27)18-11-7-8-12-20(18)24-21/h4-13,17H,3,14-15H2,1-2H3,(H,23,24)(H,26,27). The van der Waals surface area contributed by atoms with Crippen molar-refractivity contribution in [2.75, 3.05) is 18.9 Å². The number of likely N-dealkylation sites (N-methyl/N-ethyl adjacent to an activating group) is 1. The van der Waals surface area contributed by atoms with E-state index in [1.54, 1.807) is 12.1 Å². The third-order valence-electron chi connectivity index (χ3n) is 4.62. The van der Waals surface area contributed by atoms with Crippen molar-refractivity contribution in [3.05, 3.63) is 71.8 Å². The van der Waals surface area contributed by atoms with Crippen molar-refractivity contribution < 1.29 is 9.90 Å². The van der Waals surface area contributed by atoms with E-state index in [9.17, 15) is 9.90 Å². The van der Waals surface area contributed by atoms with Gasteiger partial charge >= 0.3 is 5.97 Å². The zero-order valence-electron chi connectivity index (χ0n) is 15.7. The minimum Gasteiger partial charge on any atom is -0.478 e. The van der Waals surface area contributed by atoms with Gasteiger partial charge in [0, 0.05) is 24.5 Å². The van der Waals surface area contributed by atoms with Gasteiger partial charge in [0.1, 0.15) is 5.82 Å². The molecule has 3 rings (SSSR count). The Labute approximate surface area is 159 Å². The smallest absolute Gasteiger partial charge is 0.336 e. The number of para-hydroxylation sites is 1. The highest BCUT2D eigenvalue weighted by Gasteiger charge is 2.15. The highest BCUT2D eigenvalue weighted by atomic mass is 16.4.